The molecule has 1 aromatic heterocycles. The lowest BCUT2D eigenvalue weighted by Crippen LogP contribution is -2.45. The zero-order valence-corrected chi connectivity index (χ0v) is 17.4. The summed E-state index contributed by atoms with van der Waals surface area (Å²) in [5, 5.41) is 11.7. The fraction of sp³-hybridized carbons (Fsp3) is 0.158. The van der Waals surface area contributed by atoms with E-state index in [0.717, 1.165) is 22.2 Å². The van der Waals surface area contributed by atoms with Gasteiger partial charge in [0.05, 0.1) is 9.93 Å². The molecule has 7 nitrogen and oxygen atoms in total. The third kappa shape index (κ3) is 4.87. The summed E-state index contributed by atoms with van der Waals surface area (Å²) in [6.07, 6.45) is 1.54. The molecular formula is C19H15ClN2O5S2. The first-order valence-corrected chi connectivity index (χ1v) is 9.99. The predicted molar refractivity (Wildman–Crippen MR) is 114 cm³/mol. The number of thioether (sulfide) groups is 1. The molecule has 29 heavy (non-hydrogen) atoms. The van der Waals surface area contributed by atoms with Crippen molar-refractivity contribution in [3.8, 4) is 11.3 Å². The molecule has 0 spiro atoms. The Bertz CT molecular complexity index is 1030. The molecule has 0 bridgehead atoms. The first kappa shape index (κ1) is 21.1. The Balaban J connectivity index is 1.73. The number of rotatable bonds is 6. The molecule has 2 amide bonds. The molecule has 1 aliphatic heterocycles. The number of thiocarbonyl (C=S) groups is 1. The summed E-state index contributed by atoms with van der Waals surface area (Å²) in [4.78, 5) is 36.8. The molecule has 1 aliphatic rings. The quantitative estimate of drug-likeness (QED) is 0.514. The normalized spacial score (nSPS) is 16.3. The molecule has 2 heterocycles. The maximum absolute atomic E-state index is 12.6. The molecule has 2 N–H and O–H groups in total. The van der Waals surface area contributed by atoms with Crippen LogP contribution in [0.25, 0.3) is 17.4 Å². The van der Waals surface area contributed by atoms with Gasteiger partial charge in [-0.05, 0) is 31.2 Å². The third-order valence-corrected chi connectivity index (χ3v) is 5.67. The Morgan fingerprint density at radius 3 is 2.76 bits per heavy atom. The van der Waals surface area contributed by atoms with Crippen molar-refractivity contribution in [3.05, 3.63) is 52.1 Å². The SMILES string of the molecule is C[C@H](NC(=O)CN1C(=O)C(=Cc2ccc(-c3ccccc3Cl)o2)SC1=S)C(=O)O. The van der Waals surface area contributed by atoms with E-state index in [0.29, 0.717) is 21.4 Å². The van der Waals surface area contributed by atoms with Crippen LogP contribution in [-0.2, 0) is 14.4 Å². The molecule has 10 heteroatoms. The molecular weight excluding hydrogens is 436 g/mol. The van der Waals surface area contributed by atoms with Gasteiger partial charge in [0.2, 0.25) is 5.91 Å². The van der Waals surface area contributed by atoms with Crippen LogP contribution in [0.5, 0.6) is 0 Å². The van der Waals surface area contributed by atoms with Gasteiger partial charge in [0, 0.05) is 11.6 Å². The molecule has 0 radical (unpaired) electrons. The topological polar surface area (TPSA) is 99.9 Å². The van der Waals surface area contributed by atoms with Crippen LogP contribution in [0.4, 0.5) is 0 Å². The van der Waals surface area contributed by atoms with Gasteiger partial charge < -0.3 is 14.8 Å². The number of furan rings is 1. The van der Waals surface area contributed by atoms with Crippen LogP contribution in [0.2, 0.25) is 5.02 Å². The number of nitrogens with one attached hydrogen (secondary N) is 1. The summed E-state index contributed by atoms with van der Waals surface area (Å²) >= 11 is 12.4. The second-order valence-electron chi connectivity index (χ2n) is 6.08. The number of benzene rings is 1. The van der Waals surface area contributed by atoms with E-state index in [1.165, 1.54) is 13.0 Å². The van der Waals surface area contributed by atoms with Crippen molar-refractivity contribution in [2.45, 2.75) is 13.0 Å². The Labute approximate surface area is 180 Å². The number of nitrogens with zero attached hydrogens (tertiary/aromatic N) is 1. The highest BCUT2D eigenvalue weighted by atomic mass is 35.5. The van der Waals surface area contributed by atoms with E-state index in [1.807, 2.05) is 18.2 Å². The lowest BCUT2D eigenvalue weighted by Gasteiger charge is -2.15. The molecule has 0 aliphatic carbocycles. The number of hydrogen-bond donors (Lipinski definition) is 2. The number of amides is 2. The van der Waals surface area contributed by atoms with Crippen LogP contribution in [0.1, 0.15) is 12.7 Å². The van der Waals surface area contributed by atoms with Gasteiger partial charge in [0.1, 0.15) is 28.4 Å². The van der Waals surface area contributed by atoms with Gasteiger partial charge in [0.15, 0.2) is 0 Å². The third-order valence-electron chi connectivity index (χ3n) is 3.96. The minimum absolute atomic E-state index is 0.206. The standard InChI is InChI=1S/C19H15ClN2O5S2/c1-10(18(25)26)21-16(23)9-22-17(24)15(29-19(22)28)8-11-6-7-14(27-11)12-4-2-3-5-13(12)20/h2-8,10H,9H2,1H3,(H,21,23)(H,25,26)/t10-/m0/s1. The second-order valence-corrected chi connectivity index (χ2v) is 8.16. The fourth-order valence-corrected chi connectivity index (χ4v) is 3.96. The molecule has 1 atom stereocenters. The average Bonchev–Trinajstić information content (AvgIpc) is 3.22. The maximum Gasteiger partial charge on any atom is 0.325 e. The van der Waals surface area contributed by atoms with Gasteiger partial charge in [-0.2, -0.15) is 0 Å². The van der Waals surface area contributed by atoms with E-state index in [9.17, 15) is 14.4 Å². The largest absolute Gasteiger partial charge is 0.480 e. The van der Waals surface area contributed by atoms with E-state index in [1.54, 1.807) is 18.2 Å². The minimum Gasteiger partial charge on any atom is -0.480 e. The summed E-state index contributed by atoms with van der Waals surface area (Å²) in [6.45, 7) is 0.973. The highest BCUT2D eigenvalue weighted by Crippen LogP contribution is 2.34. The van der Waals surface area contributed by atoms with Gasteiger partial charge in [0.25, 0.3) is 5.91 Å². The Morgan fingerprint density at radius 2 is 2.07 bits per heavy atom. The Hall–Kier alpha value is -2.62. The number of carboxylic acid groups (broad SMARTS) is 1. The monoisotopic (exact) mass is 450 g/mol. The number of aliphatic carboxylic acids is 1. The molecule has 150 valence electrons. The highest BCUT2D eigenvalue weighted by Gasteiger charge is 2.34. The van der Waals surface area contributed by atoms with E-state index in [4.69, 9.17) is 33.3 Å². The van der Waals surface area contributed by atoms with Crippen molar-refractivity contribution in [2.24, 2.45) is 0 Å². The number of carbonyl (C=O) groups excluding carboxylic acids is 2. The van der Waals surface area contributed by atoms with Crippen molar-refractivity contribution < 1.29 is 23.9 Å². The van der Waals surface area contributed by atoms with E-state index >= 15 is 0 Å². The molecule has 0 saturated carbocycles. The predicted octanol–water partition coefficient (Wildman–Crippen LogP) is 3.39. The number of hydrogen-bond acceptors (Lipinski definition) is 6. The van der Waals surface area contributed by atoms with Crippen LogP contribution in [0.15, 0.2) is 45.7 Å². The molecule has 0 unspecified atom stereocenters. The van der Waals surface area contributed by atoms with Crippen molar-refractivity contribution in [3.63, 3.8) is 0 Å². The average molecular weight is 451 g/mol. The summed E-state index contributed by atoms with van der Waals surface area (Å²) < 4.78 is 5.96. The van der Waals surface area contributed by atoms with Gasteiger partial charge >= 0.3 is 5.97 Å². The van der Waals surface area contributed by atoms with Crippen LogP contribution >= 0.6 is 35.6 Å². The van der Waals surface area contributed by atoms with Crippen molar-refractivity contribution in [1.82, 2.24) is 10.2 Å². The first-order valence-electron chi connectivity index (χ1n) is 8.38. The van der Waals surface area contributed by atoms with E-state index in [2.05, 4.69) is 5.32 Å². The van der Waals surface area contributed by atoms with Gasteiger partial charge in [-0.25, -0.2) is 0 Å². The zero-order valence-electron chi connectivity index (χ0n) is 15.0. The first-order chi connectivity index (χ1) is 13.8. The van der Waals surface area contributed by atoms with Crippen molar-refractivity contribution >= 4 is 63.8 Å². The molecule has 2 aromatic rings. The van der Waals surface area contributed by atoms with Gasteiger partial charge in [-0.3, -0.25) is 19.3 Å². The van der Waals surface area contributed by atoms with Crippen molar-refractivity contribution in [2.75, 3.05) is 6.54 Å². The summed E-state index contributed by atoms with van der Waals surface area (Å²) in [5.41, 5.74) is 0.727. The van der Waals surface area contributed by atoms with Crippen LogP contribution in [0, 0.1) is 0 Å². The fourth-order valence-electron chi connectivity index (χ4n) is 2.49. The lowest BCUT2D eigenvalue weighted by molar-refractivity contribution is -0.141. The number of carbonyl (C=O) groups is 3. The van der Waals surface area contributed by atoms with Crippen molar-refractivity contribution in [1.29, 1.82) is 0 Å². The van der Waals surface area contributed by atoms with Gasteiger partial charge in [-0.15, -0.1) is 0 Å². The maximum atomic E-state index is 12.6. The zero-order chi connectivity index (χ0) is 21.1. The van der Waals surface area contributed by atoms with E-state index < -0.39 is 23.8 Å². The summed E-state index contributed by atoms with van der Waals surface area (Å²) in [7, 11) is 0. The van der Waals surface area contributed by atoms with Gasteiger partial charge in [-0.1, -0.05) is 47.7 Å². The molecule has 3 rings (SSSR count). The van der Waals surface area contributed by atoms with Crippen LogP contribution in [0.3, 0.4) is 0 Å². The molecule has 1 fully saturated rings. The lowest BCUT2D eigenvalue weighted by atomic mass is 10.2. The number of halogens is 1. The van der Waals surface area contributed by atoms with Crippen LogP contribution < -0.4 is 5.32 Å². The number of carboxylic acids is 1. The minimum atomic E-state index is -1.17. The Kier molecular flexibility index (Phi) is 6.41. The smallest absolute Gasteiger partial charge is 0.325 e. The molecule has 1 aromatic carbocycles. The Morgan fingerprint density at radius 1 is 1.34 bits per heavy atom. The summed E-state index contributed by atoms with van der Waals surface area (Å²) in [5.74, 6) is -1.25. The second kappa shape index (κ2) is 8.81. The highest BCUT2D eigenvalue weighted by molar-refractivity contribution is 8.26. The molecule has 1 saturated heterocycles. The summed E-state index contributed by atoms with van der Waals surface area (Å²) in [6, 6.07) is 9.60. The van der Waals surface area contributed by atoms with Crippen LogP contribution in [-0.4, -0.2) is 44.7 Å². The van der Waals surface area contributed by atoms with E-state index in [-0.39, 0.29) is 10.9 Å².